The Morgan fingerprint density at radius 3 is 2.59 bits per heavy atom. The number of primary amides is 1. The van der Waals surface area contributed by atoms with Gasteiger partial charge in [-0.15, -0.1) is 5.92 Å². The van der Waals surface area contributed by atoms with E-state index in [0.29, 0.717) is 17.9 Å². The molecule has 0 radical (unpaired) electrons. The van der Waals surface area contributed by atoms with Crippen LogP contribution in [0.1, 0.15) is 58.0 Å². The van der Waals surface area contributed by atoms with Crippen molar-refractivity contribution in [1.29, 1.82) is 0 Å². The van der Waals surface area contributed by atoms with Gasteiger partial charge >= 0.3 is 6.18 Å². The van der Waals surface area contributed by atoms with E-state index in [0.717, 1.165) is 37.7 Å². The average molecular weight is 512 g/mol. The molecule has 2 aromatic heterocycles. The van der Waals surface area contributed by atoms with Gasteiger partial charge in [0.05, 0.1) is 18.2 Å². The highest BCUT2D eigenvalue weighted by atomic mass is 19.4. The molecule has 0 saturated carbocycles. The van der Waals surface area contributed by atoms with Crippen LogP contribution in [0.25, 0.3) is 11.3 Å². The quantitative estimate of drug-likeness (QED) is 0.344. The molecule has 3 heterocycles. The zero-order chi connectivity index (χ0) is 26.7. The number of nitrogens with two attached hydrogens (primary N) is 2. The van der Waals surface area contributed by atoms with Gasteiger partial charge in [0.15, 0.2) is 5.69 Å². The second kappa shape index (κ2) is 10.3. The number of halogens is 3. The second-order valence-corrected chi connectivity index (χ2v) is 8.42. The average Bonchev–Trinajstić information content (AvgIpc) is 3.46. The molecule has 0 spiro atoms. The highest BCUT2D eigenvalue weighted by molar-refractivity contribution is 6.04. The van der Waals surface area contributed by atoms with E-state index in [9.17, 15) is 22.8 Å². The van der Waals surface area contributed by atoms with Gasteiger partial charge in [-0.3, -0.25) is 14.5 Å². The van der Waals surface area contributed by atoms with Crippen LogP contribution in [-0.2, 0) is 6.18 Å². The number of carbonyl (C=O) groups excluding carboxylic acids is 2. The third kappa shape index (κ3) is 5.41. The minimum atomic E-state index is -4.56. The van der Waals surface area contributed by atoms with Crippen LogP contribution < -0.4 is 16.9 Å². The number of nitrogen functional groups attached to an aromatic ring is 1. The van der Waals surface area contributed by atoms with Crippen molar-refractivity contribution in [2.75, 3.05) is 24.2 Å². The van der Waals surface area contributed by atoms with Crippen LogP contribution >= 0.6 is 0 Å². The number of anilines is 1. The van der Waals surface area contributed by atoms with Crippen LogP contribution in [-0.4, -0.2) is 44.4 Å². The van der Waals surface area contributed by atoms with Gasteiger partial charge in [-0.2, -0.15) is 13.2 Å². The molecule has 1 saturated heterocycles. The predicted molar refractivity (Wildman–Crippen MR) is 131 cm³/mol. The SMILES string of the molecule is CC#CCN1CCCC1c1nc(-c2ccc(C(=O)Nc3cc(C(F)(F)F)ccn3)cc2)c(C(N)=O)n1N. The molecular weight excluding hydrogens is 487 g/mol. The van der Waals surface area contributed by atoms with Gasteiger partial charge in [-0.1, -0.05) is 18.1 Å². The largest absolute Gasteiger partial charge is 0.416 e. The molecule has 9 nitrogen and oxygen atoms in total. The number of alkyl halides is 3. The van der Waals surface area contributed by atoms with Gasteiger partial charge in [-0.25, -0.2) is 14.6 Å². The van der Waals surface area contributed by atoms with Crippen molar-refractivity contribution in [3.8, 4) is 23.1 Å². The summed E-state index contributed by atoms with van der Waals surface area (Å²) in [7, 11) is 0. The summed E-state index contributed by atoms with van der Waals surface area (Å²) in [5.74, 6) is 11.0. The molecule has 1 unspecified atom stereocenters. The van der Waals surface area contributed by atoms with Gasteiger partial charge in [0.25, 0.3) is 11.8 Å². The summed E-state index contributed by atoms with van der Waals surface area (Å²) in [5.41, 5.74) is 5.64. The fourth-order valence-corrected chi connectivity index (χ4v) is 4.25. The summed E-state index contributed by atoms with van der Waals surface area (Å²) < 4.78 is 40.0. The Balaban J connectivity index is 1.59. The number of nitrogens with zero attached hydrogens (tertiary/aromatic N) is 4. The van der Waals surface area contributed by atoms with Gasteiger partial charge in [0.1, 0.15) is 17.3 Å². The maximum absolute atomic E-state index is 12.9. The number of nitrogens with one attached hydrogen (secondary N) is 1. The molecule has 12 heteroatoms. The van der Waals surface area contributed by atoms with Crippen LogP contribution in [0.4, 0.5) is 19.0 Å². The second-order valence-electron chi connectivity index (χ2n) is 8.42. The fourth-order valence-electron chi connectivity index (χ4n) is 4.25. The lowest BCUT2D eigenvalue weighted by atomic mass is 10.1. The van der Waals surface area contributed by atoms with Crippen LogP contribution in [0, 0.1) is 11.8 Å². The van der Waals surface area contributed by atoms with E-state index in [1.165, 1.54) is 16.8 Å². The van der Waals surface area contributed by atoms with Crippen molar-refractivity contribution in [2.45, 2.75) is 32.0 Å². The van der Waals surface area contributed by atoms with Crippen LogP contribution in [0.2, 0.25) is 0 Å². The van der Waals surface area contributed by atoms with Crippen LogP contribution in [0.5, 0.6) is 0 Å². The Morgan fingerprint density at radius 2 is 1.95 bits per heavy atom. The third-order valence-corrected chi connectivity index (χ3v) is 6.04. The van der Waals surface area contributed by atoms with E-state index in [1.54, 1.807) is 19.1 Å². The van der Waals surface area contributed by atoms with E-state index in [1.807, 2.05) is 0 Å². The Hall–Kier alpha value is -4.37. The first-order chi connectivity index (χ1) is 17.6. The molecule has 2 amide bonds. The molecule has 37 heavy (non-hydrogen) atoms. The summed E-state index contributed by atoms with van der Waals surface area (Å²) in [6.45, 7) is 3.12. The Kier molecular flexibility index (Phi) is 7.17. The molecule has 5 N–H and O–H groups in total. The number of hydrogen-bond acceptors (Lipinski definition) is 6. The number of benzene rings is 1. The molecule has 1 atom stereocenters. The zero-order valence-electron chi connectivity index (χ0n) is 19.8. The lowest BCUT2D eigenvalue weighted by Crippen LogP contribution is -2.30. The van der Waals surface area contributed by atoms with Crippen molar-refractivity contribution >= 4 is 17.6 Å². The number of hydrogen-bond donors (Lipinski definition) is 3. The molecule has 1 fully saturated rings. The molecule has 1 aliphatic rings. The minimum absolute atomic E-state index is 0.0220. The molecule has 0 bridgehead atoms. The minimum Gasteiger partial charge on any atom is -0.364 e. The maximum atomic E-state index is 12.9. The fraction of sp³-hybridized carbons (Fsp3) is 0.280. The molecule has 192 valence electrons. The van der Waals surface area contributed by atoms with Gasteiger partial charge < -0.3 is 16.9 Å². The number of carbonyl (C=O) groups is 2. The maximum Gasteiger partial charge on any atom is 0.416 e. The van der Waals surface area contributed by atoms with E-state index in [4.69, 9.17) is 11.6 Å². The Morgan fingerprint density at radius 1 is 1.22 bits per heavy atom. The summed E-state index contributed by atoms with van der Waals surface area (Å²) in [6, 6.07) is 7.45. The first kappa shape index (κ1) is 25.7. The first-order valence-electron chi connectivity index (χ1n) is 11.4. The van der Waals surface area contributed by atoms with Crippen LogP contribution in [0.15, 0.2) is 42.6 Å². The van der Waals surface area contributed by atoms with Crippen molar-refractivity contribution < 1.29 is 22.8 Å². The van der Waals surface area contributed by atoms with E-state index < -0.39 is 23.6 Å². The van der Waals surface area contributed by atoms with Crippen molar-refractivity contribution in [1.82, 2.24) is 19.5 Å². The van der Waals surface area contributed by atoms with Gasteiger partial charge in [0, 0.05) is 17.3 Å². The standard InChI is InChI=1S/C25H24F3N7O2/c1-2-3-12-34-13-4-5-18(34)23-33-20(21(22(29)36)35(23)30)15-6-8-16(9-7-15)24(37)32-19-14-17(10-11-31-19)25(26,27)28/h6-11,14,18H,4-5,12-13,30H2,1H3,(H2,29,36)(H,31,32,37). The zero-order valence-corrected chi connectivity index (χ0v) is 19.8. The van der Waals surface area contributed by atoms with E-state index in [-0.39, 0.29) is 28.8 Å². The summed E-state index contributed by atoms with van der Waals surface area (Å²) in [4.78, 5) is 35.4. The molecule has 1 aromatic carbocycles. The number of aromatic nitrogens is 3. The monoisotopic (exact) mass is 511 g/mol. The third-order valence-electron chi connectivity index (χ3n) is 6.04. The highest BCUT2D eigenvalue weighted by Gasteiger charge is 2.33. The molecule has 3 aromatic rings. The highest BCUT2D eigenvalue weighted by Crippen LogP contribution is 2.34. The number of imidazole rings is 1. The smallest absolute Gasteiger partial charge is 0.364 e. The Bertz CT molecular complexity index is 1390. The van der Waals surface area contributed by atoms with E-state index >= 15 is 0 Å². The Labute approximate surface area is 210 Å². The normalized spacial score (nSPS) is 15.7. The summed E-state index contributed by atoms with van der Waals surface area (Å²) in [6.07, 6.45) is -1.88. The van der Waals surface area contributed by atoms with Crippen LogP contribution in [0.3, 0.4) is 0 Å². The topological polar surface area (TPSA) is 132 Å². The van der Waals surface area contributed by atoms with Crippen molar-refractivity contribution in [3.63, 3.8) is 0 Å². The lowest BCUT2D eigenvalue weighted by molar-refractivity contribution is -0.137. The van der Waals surface area contributed by atoms with Gasteiger partial charge in [-0.05, 0) is 50.6 Å². The van der Waals surface area contributed by atoms with Crippen molar-refractivity contribution in [3.05, 3.63) is 65.2 Å². The number of rotatable bonds is 6. The summed E-state index contributed by atoms with van der Waals surface area (Å²) >= 11 is 0. The number of amides is 2. The number of pyridine rings is 1. The molecule has 1 aliphatic heterocycles. The predicted octanol–water partition coefficient (Wildman–Crippen LogP) is 3.19. The number of likely N-dealkylation sites (tertiary alicyclic amines) is 1. The first-order valence-corrected chi connectivity index (χ1v) is 11.4. The molecule has 0 aliphatic carbocycles. The van der Waals surface area contributed by atoms with Gasteiger partial charge in [0.2, 0.25) is 0 Å². The lowest BCUT2D eigenvalue weighted by Gasteiger charge is -2.21. The molecule has 4 rings (SSSR count). The molecular formula is C25H24F3N7O2. The van der Waals surface area contributed by atoms with Crippen molar-refractivity contribution in [2.24, 2.45) is 5.73 Å². The van der Waals surface area contributed by atoms with E-state index in [2.05, 4.69) is 32.0 Å². The summed E-state index contributed by atoms with van der Waals surface area (Å²) in [5, 5.41) is 2.35.